The van der Waals surface area contributed by atoms with Gasteiger partial charge in [-0.15, -0.1) is 0 Å². The van der Waals surface area contributed by atoms with Gasteiger partial charge in [0, 0.05) is 19.1 Å². The van der Waals surface area contributed by atoms with Crippen LogP contribution in [0.2, 0.25) is 0 Å². The molecular weight excluding hydrogens is 216 g/mol. The third-order valence-electron chi connectivity index (χ3n) is 3.18. The van der Waals surface area contributed by atoms with E-state index < -0.39 is 0 Å². The van der Waals surface area contributed by atoms with Crippen molar-refractivity contribution in [3.05, 3.63) is 23.7 Å². The van der Waals surface area contributed by atoms with Crippen molar-refractivity contribution in [1.82, 2.24) is 10.2 Å². The summed E-state index contributed by atoms with van der Waals surface area (Å²) in [5, 5.41) is 3.41. The van der Waals surface area contributed by atoms with Gasteiger partial charge in [-0.1, -0.05) is 6.92 Å². The second-order valence-corrected chi connectivity index (χ2v) is 4.59. The van der Waals surface area contributed by atoms with Crippen molar-refractivity contribution >= 4 is 5.91 Å². The van der Waals surface area contributed by atoms with Gasteiger partial charge >= 0.3 is 0 Å². The Labute approximate surface area is 102 Å². The fourth-order valence-corrected chi connectivity index (χ4v) is 2.36. The minimum absolute atomic E-state index is 0.0875. The van der Waals surface area contributed by atoms with Crippen LogP contribution in [0.25, 0.3) is 0 Å². The normalized spacial score (nSPS) is 20.6. The van der Waals surface area contributed by atoms with Gasteiger partial charge in [0.2, 0.25) is 0 Å². The molecule has 0 aliphatic carbocycles. The standard InChI is InChI=1S/C13H20N2O2/c1-3-14-12-5-4-6-15(8-12)13(16)11-7-10(2)17-9-11/h7,9,12,14H,3-6,8H2,1-2H3. The number of carbonyl (C=O) groups excluding carboxylic acids is 1. The number of piperidine rings is 1. The van der Waals surface area contributed by atoms with Gasteiger partial charge in [0.05, 0.1) is 5.56 Å². The summed E-state index contributed by atoms with van der Waals surface area (Å²) >= 11 is 0. The van der Waals surface area contributed by atoms with Gasteiger partial charge in [-0.05, 0) is 32.4 Å². The lowest BCUT2D eigenvalue weighted by Crippen LogP contribution is -2.47. The molecule has 17 heavy (non-hydrogen) atoms. The molecule has 94 valence electrons. The summed E-state index contributed by atoms with van der Waals surface area (Å²) in [4.78, 5) is 14.1. The van der Waals surface area contributed by atoms with Gasteiger partial charge in [-0.2, -0.15) is 0 Å². The van der Waals surface area contributed by atoms with Crippen LogP contribution in [0.1, 0.15) is 35.9 Å². The monoisotopic (exact) mass is 236 g/mol. The third kappa shape index (κ3) is 2.88. The van der Waals surface area contributed by atoms with Crippen molar-refractivity contribution in [3.8, 4) is 0 Å². The Hall–Kier alpha value is -1.29. The summed E-state index contributed by atoms with van der Waals surface area (Å²) < 4.78 is 5.19. The first-order valence-electron chi connectivity index (χ1n) is 6.28. The summed E-state index contributed by atoms with van der Waals surface area (Å²) in [6, 6.07) is 2.24. The SMILES string of the molecule is CCNC1CCCN(C(=O)c2coc(C)c2)C1. The van der Waals surface area contributed by atoms with Crippen LogP contribution in [-0.4, -0.2) is 36.5 Å². The number of likely N-dealkylation sites (tertiary alicyclic amines) is 1. The Morgan fingerprint density at radius 1 is 1.65 bits per heavy atom. The van der Waals surface area contributed by atoms with E-state index in [9.17, 15) is 4.79 Å². The predicted octanol–water partition coefficient (Wildman–Crippen LogP) is 1.80. The molecule has 1 N–H and O–H groups in total. The number of rotatable bonds is 3. The number of carbonyl (C=O) groups is 1. The third-order valence-corrected chi connectivity index (χ3v) is 3.18. The van der Waals surface area contributed by atoms with E-state index in [1.165, 1.54) is 0 Å². The van der Waals surface area contributed by atoms with Crippen molar-refractivity contribution in [1.29, 1.82) is 0 Å². The van der Waals surface area contributed by atoms with Crippen LogP contribution >= 0.6 is 0 Å². The number of nitrogens with zero attached hydrogens (tertiary/aromatic N) is 1. The lowest BCUT2D eigenvalue weighted by Gasteiger charge is -2.32. The Bertz CT molecular complexity index is 385. The molecule has 1 aliphatic rings. The summed E-state index contributed by atoms with van der Waals surface area (Å²) in [5.41, 5.74) is 0.666. The van der Waals surface area contributed by atoms with Crippen LogP contribution in [0.4, 0.5) is 0 Å². The molecule has 1 fully saturated rings. The van der Waals surface area contributed by atoms with Gasteiger partial charge in [-0.25, -0.2) is 0 Å². The molecule has 0 spiro atoms. The van der Waals surface area contributed by atoms with Crippen LogP contribution in [0, 0.1) is 6.92 Å². The molecule has 0 radical (unpaired) electrons. The smallest absolute Gasteiger partial charge is 0.257 e. The Balaban J connectivity index is 1.99. The molecule has 1 unspecified atom stereocenters. The lowest BCUT2D eigenvalue weighted by atomic mass is 10.0. The zero-order valence-corrected chi connectivity index (χ0v) is 10.5. The van der Waals surface area contributed by atoms with Crippen LogP contribution in [0.3, 0.4) is 0 Å². The number of furan rings is 1. The molecule has 1 atom stereocenters. The molecule has 2 rings (SSSR count). The molecule has 2 heterocycles. The summed E-state index contributed by atoms with van der Waals surface area (Å²) in [7, 11) is 0. The van der Waals surface area contributed by atoms with Crippen molar-refractivity contribution < 1.29 is 9.21 Å². The van der Waals surface area contributed by atoms with Gasteiger partial charge in [0.15, 0.2) is 0 Å². The maximum Gasteiger partial charge on any atom is 0.257 e. The zero-order chi connectivity index (χ0) is 12.3. The highest BCUT2D eigenvalue weighted by Gasteiger charge is 2.24. The molecule has 0 saturated carbocycles. The molecule has 4 heteroatoms. The minimum Gasteiger partial charge on any atom is -0.469 e. The number of aryl methyl sites for hydroxylation is 1. The van der Waals surface area contributed by atoms with Crippen molar-refractivity contribution in [2.45, 2.75) is 32.7 Å². The topological polar surface area (TPSA) is 45.5 Å². The van der Waals surface area contributed by atoms with E-state index in [4.69, 9.17) is 4.42 Å². The molecular formula is C13H20N2O2. The maximum absolute atomic E-state index is 12.2. The van der Waals surface area contributed by atoms with Crippen molar-refractivity contribution in [2.75, 3.05) is 19.6 Å². The summed E-state index contributed by atoms with van der Waals surface area (Å²) in [5.74, 6) is 0.873. The van der Waals surface area contributed by atoms with E-state index in [-0.39, 0.29) is 5.91 Å². The first-order chi connectivity index (χ1) is 8.20. The number of hydrogen-bond donors (Lipinski definition) is 1. The minimum atomic E-state index is 0.0875. The fraction of sp³-hybridized carbons (Fsp3) is 0.615. The van der Waals surface area contributed by atoms with Crippen LogP contribution in [0.15, 0.2) is 16.7 Å². The molecule has 4 nitrogen and oxygen atoms in total. The number of likely N-dealkylation sites (N-methyl/N-ethyl adjacent to an activating group) is 1. The van der Waals surface area contributed by atoms with Crippen LogP contribution in [0.5, 0.6) is 0 Å². The van der Waals surface area contributed by atoms with Crippen molar-refractivity contribution in [3.63, 3.8) is 0 Å². The predicted molar refractivity (Wildman–Crippen MR) is 66.0 cm³/mol. The molecule has 0 bridgehead atoms. The Morgan fingerprint density at radius 2 is 2.47 bits per heavy atom. The Morgan fingerprint density at radius 3 is 3.12 bits per heavy atom. The molecule has 1 aromatic rings. The molecule has 1 amide bonds. The average molecular weight is 236 g/mol. The first kappa shape index (κ1) is 12.2. The highest BCUT2D eigenvalue weighted by Crippen LogP contribution is 2.15. The number of hydrogen-bond acceptors (Lipinski definition) is 3. The average Bonchev–Trinajstić information content (AvgIpc) is 2.76. The van der Waals surface area contributed by atoms with Gasteiger partial charge < -0.3 is 14.6 Å². The van der Waals surface area contributed by atoms with Gasteiger partial charge in [0.25, 0.3) is 5.91 Å². The fourth-order valence-electron chi connectivity index (χ4n) is 2.36. The summed E-state index contributed by atoms with van der Waals surface area (Å²) in [6.45, 7) is 6.56. The number of amides is 1. The Kier molecular flexibility index (Phi) is 3.84. The quantitative estimate of drug-likeness (QED) is 0.870. The van der Waals surface area contributed by atoms with Gasteiger partial charge in [0.1, 0.15) is 12.0 Å². The maximum atomic E-state index is 12.2. The summed E-state index contributed by atoms with van der Waals surface area (Å²) in [6.07, 6.45) is 3.77. The van der Waals surface area contributed by atoms with E-state index >= 15 is 0 Å². The lowest BCUT2D eigenvalue weighted by molar-refractivity contribution is 0.0695. The van der Waals surface area contributed by atoms with Crippen LogP contribution in [-0.2, 0) is 0 Å². The van der Waals surface area contributed by atoms with E-state index in [1.807, 2.05) is 11.8 Å². The molecule has 1 aliphatic heterocycles. The van der Waals surface area contributed by atoms with E-state index in [0.29, 0.717) is 11.6 Å². The second-order valence-electron chi connectivity index (χ2n) is 4.59. The number of nitrogens with one attached hydrogen (secondary N) is 1. The zero-order valence-electron chi connectivity index (χ0n) is 10.5. The van der Waals surface area contributed by atoms with Crippen LogP contribution < -0.4 is 5.32 Å². The van der Waals surface area contributed by atoms with E-state index in [0.717, 1.165) is 38.2 Å². The van der Waals surface area contributed by atoms with Crippen molar-refractivity contribution in [2.24, 2.45) is 0 Å². The highest BCUT2D eigenvalue weighted by molar-refractivity contribution is 5.94. The first-order valence-corrected chi connectivity index (χ1v) is 6.28. The van der Waals surface area contributed by atoms with Gasteiger partial charge in [-0.3, -0.25) is 4.79 Å². The largest absolute Gasteiger partial charge is 0.469 e. The molecule has 1 saturated heterocycles. The molecule has 0 aromatic carbocycles. The second kappa shape index (κ2) is 5.36. The molecule has 1 aromatic heterocycles. The highest BCUT2D eigenvalue weighted by atomic mass is 16.3. The van der Waals surface area contributed by atoms with E-state index in [1.54, 1.807) is 12.3 Å². The van der Waals surface area contributed by atoms with E-state index in [2.05, 4.69) is 12.2 Å².